The molecule has 2 heterocycles. The zero-order valence-corrected chi connectivity index (χ0v) is 15.3. The summed E-state index contributed by atoms with van der Waals surface area (Å²) in [5.41, 5.74) is 1.79. The molecule has 0 spiro atoms. The molecule has 0 aliphatic carbocycles. The number of aromatic nitrogens is 1. The number of aryl methyl sites for hydroxylation is 1. The highest BCUT2D eigenvalue weighted by Gasteiger charge is 2.33. The second kappa shape index (κ2) is 8.04. The summed E-state index contributed by atoms with van der Waals surface area (Å²) in [6.07, 6.45) is -3.12. The van der Waals surface area contributed by atoms with Crippen molar-refractivity contribution in [2.24, 2.45) is 0 Å². The van der Waals surface area contributed by atoms with Crippen LogP contribution >= 0.6 is 11.8 Å². The molecule has 3 aromatic rings. The van der Waals surface area contributed by atoms with Crippen molar-refractivity contribution in [2.75, 3.05) is 12.3 Å². The molecule has 27 heavy (non-hydrogen) atoms. The summed E-state index contributed by atoms with van der Waals surface area (Å²) in [7, 11) is 0. The second-order valence-electron chi connectivity index (χ2n) is 6.03. The number of para-hydroxylation sites is 1. The minimum atomic E-state index is -4.48. The molecule has 0 fully saturated rings. The van der Waals surface area contributed by atoms with Gasteiger partial charge in [0.05, 0.1) is 29.1 Å². The number of alkyl halides is 3. The third kappa shape index (κ3) is 5.26. The summed E-state index contributed by atoms with van der Waals surface area (Å²) in [6, 6.07) is 12.5. The molecule has 0 radical (unpaired) electrons. The highest BCUT2D eigenvalue weighted by Crippen LogP contribution is 2.25. The van der Waals surface area contributed by atoms with Gasteiger partial charge in [-0.05, 0) is 36.8 Å². The highest BCUT2D eigenvalue weighted by molar-refractivity contribution is 7.99. The van der Waals surface area contributed by atoms with Gasteiger partial charge in [-0.2, -0.15) is 13.2 Å². The summed E-state index contributed by atoms with van der Waals surface area (Å²) in [4.78, 5) is 17.6. The van der Waals surface area contributed by atoms with Gasteiger partial charge >= 0.3 is 6.18 Å². The van der Waals surface area contributed by atoms with Gasteiger partial charge in [0.15, 0.2) is 0 Å². The lowest BCUT2D eigenvalue weighted by atomic mass is 10.1. The van der Waals surface area contributed by atoms with Crippen molar-refractivity contribution >= 4 is 28.6 Å². The Morgan fingerprint density at radius 3 is 2.70 bits per heavy atom. The number of carbonyl (C=O) groups is 1. The molecule has 0 N–H and O–H groups in total. The van der Waals surface area contributed by atoms with Gasteiger partial charge in [-0.25, -0.2) is 4.98 Å². The van der Waals surface area contributed by atoms with E-state index in [2.05, 4.69) is 4.98 Å². The van der Waals surface area contributed by atoms with Crippen LogP contribution in [0.3, 0.4) is 0 Å². The molecule has 0 aliphatic rings. The van der Waals surface area contributed by atoms with Crippen LogP contribution in [0.2, 0.25) is 0 Å². The number of amides is 1. The van der Waals surface area contributed by atoms with E-state index in [4.69, 9.17) is 4.42 Å². The van der Waals surface area contributed by atoms with E-state index >= 15 is 0 Å². The number of pyridine rings is 1. The average molecular weight is 394 g/mol. The lowest BCUT2D eigenvalue weighted by molar-refractivity contribution is -0.161. The lowest BCUT2D eigenvalue weighted by Gasteiger charge is -2.23. The van der Waals surface area contributed by atoms with E-state index in [0.717, 1.165) is 33.1 Å². The molecule has 0 saturated heterocycles. The molecule has 0 bridgehead atoms. The van der Waals surface area contributed by atoms with Crippen molar-refractivity contribution in [1.82, 2.24) is 9.88 Å². The largest absolute Gasteiger partial charge is 0.467 e. The molecule has 4 nitrogen and oxygen atoms in total. The molecule has 0 aliphatic heterocycles. The molecule has 1 amide bonds. The Morgan fingerprint density at radius 2 is 2.00 bits per heavy atom. The van der Waals surface area contributed by atoms with E-state index in [1.54, 1.807) is 6.07 Å². The van der Waals surface area contributed by atoms with Crippen LogP contribution in [0.25, 0.3) is 10.9 Å². The summed E-state index contributed by atoms with van der Waals surface area (Å²) in [6.45, 7) is 0.385. The maximum absolute atomic E-state index is 12.8. The average Bonchev–Trinajstić information content (AvgIpc) is 3.11. The first-order valence-corrected chi connectivity index (χ1v) is 9.16. The van der Waals surface area contributed by atoms with E-state index in [0.29, 0.717) is 10.8 Å². The maximum Gasteiger partial charge on any atom is 0.406 e. The summed E-state index contributed by atoms with van der Waals surface area (Å²) in [5.74, 6) is -0.458. The van der Waals surface area contributed by atoms with Crippen LogP contribution in [-0.2, 0) is 11.3 Å². The lowest BCUT2D eigenvalue weighted by Crippen LogP contribution is -2.39. The number of furan rings is 1. The van der Waals surface area contributed by atoms with Crippen molar-refractivity contribution in [3.63, 3.8) is 0 Å². The van der Waals surface area contributed by atoms with Crippen LogP contribution in [0.1, 0.15) is 11.3 Å². The van der Waals surface area contributed by atoms with Gasteiger partial charge in [0.25, 0.3) is 0 Å². The van der Waals surface area contributed by atoms with Crippen molar-refractivity contribution in [3.8, 4) is 0 Å². The van der Waals surface area contributed by atoms with Gasteiger partial charge in [-0.1, -0.05) is 30.0 Å². The first-order chi connectivity index (χ1) is 12.8. The van der Waals surface area contributed by atoms with Gasteiger partial charge in [-0.3, -0.25) is 4.79 Å². The fourth-order valence-electron chi connectivity index (χ4n) is 2.66. The molecule has 0 saturated carbocycles. The normalized spacial score (nSPS) is 11.7. The number of nitrogens with zero attached hydrogens (tertiary/aromatic N) is 2. The fraction of sp³-hybridized carbons (Fsp3) is 0.263. The first kappa shape index (κ1) is 19.3. The summed E-state index contributed by atoms with van der Waals surface area (Å²) < 4.78 is 43.6. The van der Waals surface area contributed by atoms with E-state index in [1.165, 1.54) is 12.3 Å². The smallest absolute Gasteiger partial charge is 0.406 e. The Labute approximate surface area is 158 Å². The zero-order valence-electron chi connectivity index (χ0n) is 14.5. The number of halogens is 3. The third-order valence-electron chi connectivity index (χ3n) is 3.89. The first-order valence-electron chi connectivity index (χ1n) is 8.18. The summed E-state index contributed by atoms with van der Waals surface area (Å²) >= 11 is 1.12. The van der Waals surface area contributed by atoms with Crippen molar-refractivity contribution < 1.29 is 22.4 Å². The zero-order chi connectivity index (χ0) is 19.4. The number of hydrogen-bond acceptors (Lipinski definition) is 4. The Bertz CT molecular complexity index is 926. The molecular weight excluding hydrogens is 377 g/mol. The van der Waals surface area contributed by atoms with E-state index in [1.807, 2.05) is 37.3 Å². The number of fused-ring (bicyclic) bond motifs is 1. The van der Waals surface area contributed by atoms with Gasteiger partial charge in [-0.15, -0.1) is 0 Å². The van der Waals surface area contributed by atoms with Crippen LogP contribution in [0, 0.1) is 6.92 Å². The van der Waals surface area contributed by atoms with E-state index in [-0.39, 0.29) is 12.3 Å². The number of benzene rings is 1. The van der Waals surface area contributed by atoms with Crippen molar-refractivity contribution in [1.29, 1.82) is 0 Å². The topological polar surface area (TPSA) is 46.3 Å². The van der Waals surface area contributed by atoms with Crippen LogP contribution in [-0.4, -0.2) is 34.3 Å². The maximum atomic E-state index is 12.8. The van der Waals surface area contributed by atoms with Crippen LogP contribution in [0.5, 0.6) is 0 Å². The molecule has 8 heteroatoms. The monoisotopic (exact) mass is 394 g/mol. The standard InChI is InChI=1S/C19H17F3N2O2S/c1-13-9-17(23-16-7-3-2-6-15(13)16)27-11-18(25)24(12-19(20,21)22)10-14-5-4-8-26-14/h2-9H,10-12H2,1H3. The Hall–Kier alpha value is -2.48. The van der Waals surface area contributed by atoms with Crippen molar-refractivity contribution in [3.05, 3.63) is 60.1 Å². The molecule has 0 unspecified atom stereocenters. The third-order valence-corrected chi connectivity index (χ3v) is 4.79. The van der Waals surface area contributed by atoms with E-state index in [9.17, 15) is 18.0 Å². The number of hydrogen-bond donors (Lipinski definition) is 0. The quantitative estimate of drug-likeness (QED) is 0.563. The predicted octanol–water partition coefficient (Wildman–Crippen LogP) is 4.82. The Kier molecular flexibility index (Phi) is 5.74. The summed E-state index contributed by atoms with van der Waals surface area (Å²) in [5, 5.41) is 1.61. The number of rotatable bonds is 6. The molecule has 142 valence electrons. The van der Waals surface area contributed by atoms with Gasteiger partial charge in [0.1, 0.15) is 12.3 Å². The Balaban J connectivity index is 1.71. The van der Waals surface area contributed by atoms with Crippen molar-refractivity contribution in [2.45, 2.75) is 24.7 Å². The minimum absolute atomic E-state index is 0.137. The highest BCUT2D eigenvalue weighted by atomic mass is 32.2. The number of thioether (sulfide) groups is 1. The Morgan fingerprint density at radius 1 is 1.22 bits per heavy atom. The molecular formula is C19H17F3N2O2S. The van der Waals surface area contributed by atoms with Gasteiger partial charge in [0, 0.05) is 5.39 Å². The van der Waals surface area contributed by atoms with E-state index < -0.39 is 18.6 Å². The minimum Gasteiger partial charge on any atom is -0.467 e. The van der Waals surface area contributed by atoms with Gasteiger partial charge in [0.2, 0.25) is 5.91 Å². The predicted molar refractivity (Wildman–Crippen MR) is 97.4 cm³/mol. The number of carbonyl (C=O) groups excluding carboxylic acids is 1. The fourth-order valence-corrected chi connectivity index (χ4v) is 3.54. The SMILES string of the molecule is Cc1cc(SCC(=O)N(Cc2ccco2)CC(F)(F)F)nc2ccccc12. The molecule has 2 aromatic heterocycles. The van der Waals surface area contributed by atoms with Crippen LogP contribution < -0.4 is 0 Å². The van der Waals surface area contributed by atoms with Crippen LogP contribution in [0.15, 0.2) is 58.2 Å². The van der Waals surface area contributed by atoms with Crippen LogP contribution in [0.4, 0.5) is 13.2 Å². The molecule has 0 atom stereocenters. The second-order valence-corrected chi connectivity index (χ2v) is 7.02. The van der Waals surface area contributed by atoms with Gasteiger partial charge < -0.3 is 9.32 Å². The molecule has 1 aromatic carbocycles. The molecule has 3 rings (SSSR count).